The van der Waals surface area contributed by atoms with E-state index in [9.17, 15) is 4.79 Å². The van der Waals surface area contributed by atoms with Crippen LogP contribution in [0.4, 0.5) is 5.69 Å². The van der Waals surface area contributed by atoms with Gasteiger partial charge < -0.3 is 16.0 Å². The largest absolute Gasteiger partial charge is 0.342 e. The number of hydrogen-bond donors (Lipinski definition) is 3. The third-order valence-electron chi connectivity index (χ3n) is 2.95. The van der Waals surface area contributed by atoms with Crippen LogP contribution in [-0.4, -0.2) is 21.9 Å². The number of amides is 1. The molecule has 1 heterocycles. The van der Waals surface area contributed by atoms with Crippen molar-refractivity contribution < 1.29 is 4.79 Å². The molecule has 0 saturated carbocycles. The van der Waals surface area contributed by atoms with Crippen LogP contribution in [0.5, 0.6) is 0 Å². The zero-order valence-corrected chi connectivity index (χ0v) is 11.4. The Bertz CT molecular complexity index is 574. The fourth-order valence-electron chi connectivity index (χ4n) is 2.02. The van der Waals surface area contributed by atoms with E-state index in [1.165, 1.54) is 0 Å². The Morgan fingerprint density at radius 1 is 1.53 bits per heavy atom. The first-order valence-electron chi connectivity index (χ1n) is 6.56. The Labute approximate surface area is 112 Å². The highest BCUT2D eigenvalue weighted by Crippen LogP contribution is 2.17. The fraction of sp³-hybridized carbons (Fsp3) is 0.429. The molecule has 2 rings (SSSR count). The van der Waals surface area contributed by atoms with Gasteiger partial charge in [0.15, 0.2) is 0 Å². The predicted molar refractivity (Wildman–Crippen MR) is 77.0 cm³/mol. The summed E-state index contributed by atoms with van der Waals surface area (Å²) in [4.78, 5) is 19.2. The first-order valence-corrected chi connectivity index (χ1v) is 6.56. The third kappa shape index (κ3) is 3.79. The maximum Gasteiger partial charge on any atom is 0.224 e. The number of hydrogen-bond acceptors (Lipinski definition) is 3. The monoisotopic (exact) mass is 260 g/mol. The van der Waals surface area contributed by atoms with E-state index in [2.05, 4.69) is 15.3 Å². The lowest BCUT2D eigenvalue weighted by Crippen LogP contribution is -2.16. The molecule has 0 aliphatic rings. The van der Waals surface area contributed by atoms with E-state index >= 15 is 0 Å². The number of nitrogens with two attached hydrogens (primary N) is 1. The van der Waals surface area contributed by atoms with Crippen LogP contribution in [0.15, 0.2) is 18.2 Å². The molecule has 5 nitrogen and oxygen atoms in total. The molecule has 0 spiro atoms. The van der Waals surface area contributed by atoms with Gasteiger partial charge in [0.1, 0.15) is 5.82 Å². The standard InChI is InChI=1S/C14H20N4O/c1-9(15)4-3-5-14(19)18-11-6-7-12-13(8-11)17-10(2)16-12/h6-9H,3-5,15H2,1-2H3,(H,16,17)(H,18,19). The summed E-state index contributed by atoms with van der Waals surface area (Å²) < 4.78 is 0. The summed E-state index contributed by atoms with van der Waals surface area (Å²) in [5.74, 6) is 0.895. The normalized spacial score (nSPS) is 12.6. The average molecular weight is 260 g/mol. The highest BCUT2D eigenvalue weighted by Gasteiger charge is 2.05. The molecule has 0 bridgehead atoms. The van der Waals surface area contributed by atoms with Crippen molar-refractivity contribution in [3.8, 4) is 0 Å². The molecule has 2 aromatic rings. The second kappa shape index (κ2) is 5.84. The highest BCUT2D eigenvalue weighted by atomic mass is 16.1. The van der Waals surface area contributed by atoms with E-state index in [1.54, 1.807) is 0 Å². The summed E-state index contributed by atoms with van der Waals surface area (Å²) in [6, 6.07) is 5.82. The average Bonchev–Trinajstić information content (AvgIpc) is 2.67. The van der Waals surface area contributed by atoms with Gasteiger partial charge in [-0.2, -0.15) is 0 Å². The van der Waals surface area contributed by atoms with Gasteiger partial charge in [0.25, 0.3) is 0 Å². The molecule has 102 valence electrons. The first-order chi connectivity index (χ1) is 9.04. The van der Waals surface area contributed by atoms with Gasteiger partial charge in [-0.15, -0.1) is 0 Å². The smallest absolute Gasteiger partial charge is 0.224 e. The van der Waals surface area contributed by atoms with Crippen molar-refractivity contribution >= 4 is 22.6 Å². The molecule has 1 aromatic heterocycles. The first kappa shape index (κ1) is 13.5. The number of nitrogens with zero attached hydrogens (tertiary/aromatic N) is 1. The Morgan fingerprint density at radius 2 is 2.32 bits per heavy atom. The van der Waals surface area contributed by atoms with Crippen LogP contribution in [-0.2, 0) is 4.79 Å². The lowest BCUT2D eigenvalue weighted by molar-refractivity contribution is -0.116. The molecule has 0 aliphatic carbocycles. The molecule has 1 atom stereocenters. The summed E-state index contributed by atoms with van der Waals surface area (Å²) in [7, 11) is 0. The van der Waals surface area contributed by atoms with E-state index < -0.39 is 0 Å². The van der Waals surface area contributed by atoms with Crippen LogP contribution < -0.4 is 11.1 Å². The Hall–Kier alpha value is -1.88. The van der Waals surface area contributed by atoms with Crippen molar-refractivity contribution in [1.29, 1.82) is 0 Å². The Balaban J connectivity index is 1.95. The zero-order chi connectivity index (χ0) is 13.8. The van der Waals surface area contributed by atoms with Crippen molar-refractivity contribution in [2.75, 3.05) is 5.32 Å². The van der Waals surface area contributed by atoms with Crippen LogP contribution in [0.3, 0.4) is 0 Å². The predicted octanol–water partition coefficient (Wildman–Crippen LogP) is 2.33. The summed E-state index contributed by atoms with van der Waals surface area (Å²) in [6.07, 6.45) is 2.18. The van der Waals surface area contributed by atoms with E-state index in [-0.39, 0.29) is 11.9 Å². The lowest BCUT2D eigenvalue weighted by Gasteiger charge is -2.06. The number of benzene rings is 1. The van der Waals surface area contributed by atoms with Crippen LogP contribution in [0.25, 0.3) is 11.0 Å². The third-order valence-corrected chi connectivity index (χ3v) is 2.95. The van der Waals surface area contributed by atoms with Gasteiger partial charge in [0.2, 0.25) is 5.91 Å². The Kier molecular flexibility index (Phi) is 4.16. The maximum atomic E-state index is 11.8. The lowest BCUT2D eigenvalue weighted by atomic mass is 10.1. The van der Waals surface area contributed by atoms with Gasteiger partial charge in [-0.3, -0.25) is 4.79 Å². The van der Waals surface area contributed by atoms with E-state index in [1.807, 2.05) is 32.0 Å². The molecule has 19 heavy (non-hydrogen) atoms. The highest BCUT2D eigenvalue weighted by molar-refractivity contribution is 5.93. The van der Waals surface area contributed by atoms with E-state index in [0.717, 1.165) is 35.4 Å². The number of carbonyl (C=O) groups excluding carboxylic acids is 1. The molecule has 1 amide bonds. The number of carbonyl (C=O) groups is 1. The van der Waals surface area contributed by atoms with Gasteiger partial charge in [-0.25, -0.2) is 4.98 Å². The number of fused-ring (bicyclic) bond motifs is 1. The van der Waals surface area contributed by atoms with Gasteiger partial charge in [-0.1, -0.05) is 0 Å². The van der Waals surface area contributed by atoms with Gasteiger partial charge in [-0.05, 0) is 44.9 Å². The number of imidazole rings is 1. The molecular weight excluding hydrogens is 240 g/mol. The number of aromatic nitrogens is 2. The van der Waals surface area contributed by atoms with Crippen molar-refractivity contribution in [2.24, 2.45) is 5.73 Å². The van der Waals surface area contributed by atoms with Crippen LogP contribution >= 0.6 is 0 Å². The van der Waals surface area contributed by atoms with Gasteiger partial charge in [0.05, 0.1) is 11.0 Å². The number of rotatable bonds is 5. The molecule has 0 saturated heterocycles. The number of H-pyrrole nitrogens is 1. The summed E-state index contributed by atoms with van der Waals surface area (Å²) in [6.45, 7) is 3.86. The Morgan fingerprint density at radius 3 is 3.05 bits per heavy atom. The van der Waals surface area contributed by atoms with Crippen molar-refractivity contribution in [2.45, 2.75) is 39.2 Å². The number of aryl methyl sites for hydroxylation is 1. The minimum absolute atomic E-state index is 0.0243. The molecule has 0 aliphatic heterocycles. The second-order valence-electron chi connectivity index (χ2n) is 4.97. The summed E-state index contributed by atoms with van der Waals surface area (Å²) in [5.41, 5.74) is 8.29. The molecule has 5 heteroatoms. The molecule has 0 fully saturated rings. The van der Waals surface area contributed by atoms with Gasteiger partial charge >= 0.3 is 0 Å². The molecular formula is C14H20N4O. The number of nitrogens with one attached hydrogen (secondary N) is 2. The zero-order valence-electron chi connectivity index (χ0n) is 11.4. The quantitative estimate of drug-likeness (QED) is 0.771. The summed E-state index contributed by atoms with van der Waals surface area (Å²) >= 11 is 0. The summed E-state index contributed by atoms with van der Waals surface area (Å²) in [5, 5.41) is 2.89. The second-order valence-corrected chi connectivity index (χ2v) is 4.97. The number of anilines is 1. The van der Waals surface area contributed by atoms with Crippen LogP contribution in [0.1, 0.15) is 32.0 Å². The van der Waals surface area contributed by atoms with Crippen molar-refractivity contribution in [1.82, 2.24) is 9.97 Å². The molecule has 1 unspecified atom stereocenters. The fourth-order valence-corrected chi connectivity index (χ4v) is 2.02. The molecule has 1 aromatic carbocycles. The molecule has 0 radical (unpaired) electrons. The van der Waals surface area contributed by atoms with Crippen LogP contribution in [0, 0.1) is 6.92 Å². The minimum Gasteiger partial charge on any atom is -0.342 e. The molecule has 4 N–H and O–H groups in total. The topological polar surface area (TPSA) is 83.8 Å². The number of aromatic amines is 1. The SMILES string of the molecule is Cc1nc2ccc(NC(=O)CCCC(C)N)cc2[nH]1. The van der Waals surface area contributed by atoms with Gasteiger partial charge in [0, 0.05) is 18.2 Å². The van der Waals surface area contributed by atoms with E-state index in [0.29, 0.717) is 6.42 Å². The van der Waals surface area contributed by atoms with Crippen molar-refractivity contribution in [3.63, 3.8) is 0 Å². The van der Waals surface area contributed by atoms with Crippen LogP contribution in [0.2, 0.25) is 0 Å². The van der Waals surface area contributed by atoms with Crippen molar-refractivity contribution in [3.05, 3.63) is 24.0 Å². The minimum atomic E-state index is 0.0243. The maximum absolute atomic E-state index is 11.8. The van der Waals surface area contributed by atoms with E-state index in [4.69, 9.17) is 5.73 Å².